The van der Waals surface area contributed by atoms with E-state index in [0.29, 0.717) is 89.6 Å². The molecule has 1 aromatic heterocycles. The number of nitrogens with one attached hydrogen (secondary N) is 4. The van der Waals surface area contributed by atoms with E-state index < -0.39 is 37.2 Å². The molecule has 0 bridgehead atoms. The van der Waals surface area contributed by atoms with Crippen molar-refractivity contribution in [3.05, 3.63) is 83.9 Å². The van der Waals surface area contributed by atoms with Crippen molar-refractivity contribution >= 4 is 65.6 Å². The van der Waals surface area contributed by atoms with Gasteiger partial charge in [-0.3, -0.25) is 19.2 Å². The molecule has 3 aromatic carbocycles. The number of rotatable bonds is 35. The van der Waals surface area contributed by atoms with E-state index in [1.807, 2.05) is 53.2 Å². The molecule has 23 nitrogen and oxygen atoms in total. The third-order valence-corrected chi connectivity index (χ3v) is 13.0. The number of ether oxygens (including phenoxy) is 4. The molecular weight excluding hydrogens is 1020 g/mol. The highest BCUT2D eigenvalue weighted by molar-refractivity contribution is 8.07. The summed E-state index contributed by atoms with van der Waals surface area (Å²) in [5.74, 6) is -3.44. The fourth-order valence-corrected chi connectivity index (χ4v) is 8.90. The maximum atomic E-state index is 13.9. The summed E-state index contributed by atoms with van der Waals surface area (Å²) in [4.78, 5) is 84.6. The van der Waals surface area contributed by atoms with Gasteiger partial charge in [-0.15, -0.1) is 5.10 Å². The van der Waals surface area contributed by atoms with Crippen LogP contribution in [-0.4, -0.2) is 144 Å². The van der Waals surface area contributed by atoms with E-state index in [9.17, 15) is 33.7 Å². The fraction of sp³-hybridized carbons (Fsp3) is 0.480. The van der Waals surface area contributed by atoms with Crippen molar-refractivity contribution in [2.75, 3.05) is 82.8 Å². The number of nitrogens with zero attached hydrogens (tertiary/aromatic N) is 4. The summed E-state index contributed by atoms with van der Waals surface area (Å²) in [5.41, 5.74) is 5.76. The number of carbonyl (C=O) groups excluding carboxylic acids is 4. The minimum Gasteiger partial charge on any atom is -0.481 e. The fourth-order valence-electron chi connectivity index (χ4n) is 7.60. The number of benzene rings is 3. The van der Waals surface area contributed by atoms with Gasteiger partial charge in [0, 0.05) is 49.2 Å². The molecule has 5 amide bonds. The minimum absolute atomic E-state index is 0.0263. The van der Waals surface area contributed by atoms with E-state index in [0.717, 1.165) is 53.6 Å². The lowest BCUT2D eigenvalue weighted by Crippen LogP contribution is -2.44. The highest BCUT2D eigenvalue weighted by atomic mass is 32.5. The molecule has 0 fully saturated rings. The lowest BCUT2D eigenvalue weighted by Gasteiger charge is -2.28. The lowest BCUT2D eigenvalue weighted by molar-refractivity contribution is -0.145. The summed E-state index contributed by atoms with van der Waals surface area (Å²) in [6.07, 6.45) is 2.64. The molecule has 0 saturated heterocycles. The normalized spacial score (nSPS) is 13.0. The Balaban J connectivity index is 0.933. The summed E-state index contributed by atoms with van der Waals surface area (Å²) >= 11 is 4.92. The van der Waals surface area contributed by atoms with Crippen molar-refractivity contribution in [3.63, 3.8) is 0 Å². The van der Waals surface area contributed by atoms with Gasteiger partial charge < -0.3 is 69.3 Å². The predicted molar refractivity (Wildman–Crippen MR) is 279 cm³/mol. The minimum atomic E-state index is -3.16. The predicted octanol–water partition coefficient (Wildman–Crippen LogP) is 5.01. The van der Waals surface area contributed by atoms with Gasteiger partial charge in [0.05, 0.1) is 97.0 Å². The maximum absolute atomic E-state index is 13.9. The number of fused-ring (bicyclic) bond motifs is 5. The lowest BCUT2D eigenvalue weighted by atomic mass is 9.95. The Morgan fingerprint density at radius 3 is 2.05 bits per heavy atom. The van der Waals surface area contributed by atoms with Crippen LogP contribution in [0.15, 0.2) is 72.8 Å². The Kier molecular flexibility index (Phi) is 25.7. The van der Waals surface area contributed by atoms with Crippen molar-refractivity contribution in [1.29, 1.82) is 0 Å². The molecule has 4 aromatic rings. The number of carboxylic acids is 2. The average molecular weight is 1080 g/mol. The zero-order chi connectivity index (χ0) is 53.8. The first-order valence-electron chi connectivity index (χ1n) is 24.7. The van der Waals surface area contributed by atoms with E-state index in [1.165, 1.54) is 0 Å². The molecule has 0 spiro atoms. The van der Waals surface area contributed by atoms with E-state index in [-0.39, 0.29) is 56.7 Å². The first kappa shape index (κ1) is 59.7. The van der Waals surface area contributed by atoms with Gasteiger partial charge in [0.1, 0.15) is 11.7 Å². The van der Waals surface area contributed by atoms with Crippen LogP contribution in [0.25, 0.3) is 22.5 Å². The zero-order valence-electron chi connectivity index (χ0n) is 41.9. The van der Waals surface area contributed by atoms with Crippen molar-refractivity contribution in [3.8, 4) is 22.5 Å². The zero-order valence-corrected chi connectivity index (χ0v) is 43.7. The number of amides is 5. The van der Waals surface area contributed by atoms with Crippen molar-refractivity contribution in [2.24, 2.45) is 0 Å². The Bertz CT molecular complexity index is 2530. The number of anilines is 2. The summed E-state index contributed by atoms with van der Waals surface area (Å²) < 4.78 is 34.8. The number of aliphatic carboxylic acids is 2. The molecule has 75 heavy (non-hydrogen) atoms. The van der Waals surface area contributed by atoms with E-state index in [2.05, 4.69) is 31.6 Å². The van der Waals surface area contributed by atoms with Crippen LogP contribution < -0.4 is 26.2 Å². The van der Waals surface area contributed by atoms with Crippen molar-refractivity contribution < 1.29 is 71.9 Å². The smallest absolute Gasteiger partial charge is 0.326 e. The molecule has 0 aliphatic carbocycles. The number of hydrogen-bond acceptors (Lipinski definition) is 15. The molecular formula is C50H67N8O15PS. The number of unbranched alkanes of at least 4 members (excludes halogenated alkanes) is 3. The third kappa shape index (κ3) is 21.1. The second-order valence-electron chi connectivity index (χ2n) is 16.9. The topological polar surface area (TPSA) is 301 Å². The van der Waals surface area contributed by atoms with Gasteiger partial charge in [0.15, 0.2) is 0 Å². The van der Waals surface area contributed by atoms with E-state index >= 15 is 0 Å². The number of para-hydroxylation sites is 1. The van der Waals surface area contributed by atoms with Crippen LogP contribution in [0.4, 0.5) is 16.2 Å². The summed E-state index contributed by atoms with van der Waals surface area (Å²) in [6, 6.07) is 19.4. The molecule has 1 unspecified atom stereocenters. The number of carboxylic acid groups (broad SMARTS) is 2. The van der Waals surface area contributed by atoms with E-state index in [1.54, 1.807) is 36.1 Å². The quantitative estimate of drug-likeness (QED) is 0.0235. The average Bonchev–Trinajstić information content (AvgIpc) is 3.80. The second-order valence-corrected chi connectivity index (χ2v) is 19.7. The van der Waals surface area contributed by atoms with Crippen LogP contribution in [0, 0.1) is 0 Å². The van der Waals surface area contributed by atoms with Gasteiger partial charge in [-0.05, 0) is 60.9 Å². The molecule has 408 valence electrons. The molecule has 1 aliphatic rings. The van der Waals surface area contributed by atoms with Gasteiger partial charge in [-0.25, -0.2) is 14.3 Å². The summed E-state index contributed by atoms with van der Waals surface area (Å²) in [5, 5.41) is 37.3. The van der Waals surface area contributed by atoms with Crippen LogP contribution in [0.5, 0.6) is 0 Å². The summed E-state index contributed by atoms with van der Waals surface area (Å²) in [7, 11) is 0. The molecule has 0 saturated carbocycles. The largest absolute Gasteiger partial charge is 0.481 e. The first-order valence-corrected chi connectivity index (χ1v) is 27.3. The van der Waals surface area contributed by atoms with Crippen molar-refractivity contribution in [1.82, 2.24) is 30.9 Å². The number of aromatic nitrogens is 3. The SMILES string of the molecule is CCOP(O)(=S)OCCCCCCNC(=O)CCC(=O)N1Cc2ccccc2-c2c(nnn2CCOCCOCCOCCOCCC(=O)NCc2ccc(NC(=O)N[C@@H](CC(=O)O)C(=O)O)cc2)-c2ccccc21. The number of urea groups is 1. The molecule has 7 N–H and O–H groups in total. The Hall–Kier alpha value is -6.21. The maximum Gasteiger partial charge on any atom is 0.326 e. The molecule has 2 atom stereocenters. The highest BCUT2D eigenvalue weighted by Gasteiger charge is 2.29. The molecule has 5 rings (SSSR count). The van der Waals surface area contributed by atoms with Crippen LogP contribution in [-0.2, 0) is 83.4 Å². The standard InChI is InChI=1S/C50H67N8O15PS/c1-2-72-74(67,75)73-24-10-4-3-9-22-51-43(59)19-20-45(61)57-35-37-11-5-6-12-39(37)48-47(40-13-7-8-14-42(40)57)55-56-58(48)23-26-69-28-30-71-32-31-70-29-27-68-25-21-44(60)52-34-36-15-17-38(18-16-36)53-50(66)54-41(49(64)65)33-46(62)63/h5-8,11-18,41H,2-4,9-10,19-35H2,1H3,(H,51,59)(H,52,60)(H,62,63)(H,64,65)(H,67,75)(H2,53,54,66)/t41-,74?/m0/s1. The first-order chi connectivity index (χ1) is 36.2. The third-order valence-electron chi connectivity index (χ3n) is 11.3. The Morgan fingerprint density at radius 2 is 1.36 bits per heavy atom. The van der Waals surface area contributed by atoms with Gasteiger partial charge >= 0.3 is 24.7 Å². The van der Waals surface area contributed by atoms with E-state index in [4.69, 9.17) is 50.0 Å². The second kappa shape index (κ2) is 32.3. The number of carbonyl (C=O) groups is 6. The Labute approximate surface area is 440 Å². The van der Waals surface area contributed by atoms with Crippen LogP contribution in [0.2, 0.25) is 0 Å². The monoisotopic (exact) mass is 1080 g/mol. The molecule has 25 heteroatoms. The molecule has 2 heterocycles. The van der Waals surface area contributed by atoms with Gasteiger partial charge in [0.2, 0.25) is 17.7 Å². The Morgan fingerprint density at radius 1 is 0.720 bits per heavy atom. The van der Waals surface area contributed by atoms with Gasteiger partial charge in [-0.2, -0.15) is 0 Å². The summed E-state index contributed by atoms with van der Waals surface area (Å²) in [6.45, 7) is 3.18. The van der Waals surface area contributed by atoms with Crippen LogP contribution in [0.3, 0.4) is 0 Å². The highest BCUT2D eigenvalue weighted by Crippen LogP contribution is 2.44. The van der Waals surface area contributed by atoms with Crippen LogP contribution >= 0.6 is 6.72 Å². The molecule has 1 aliphatic heterocycles. The van der Waals surface area contributed by atoms with Gasteiger partial charge in [0.25, 0.3) is 0 Å². The van der Waals surface area contributed by atoms with Crippen molar-refractivity contribution in [2.45, 2.75) is 84.0 Å². The van der Waals surface area contributed by atoms with Crippen LogP contribution in [0.1, 0.15) is 69.4 Å². The molecule has 0 radical (unpaired) electrons. The number of hydrogen-bond donors (Lipinski definition) is 7. The van der Waals surface area contributed by atoms with Gasteiger partial charge in [-0.1, -0.05) is 72.7 Å².